The summed E-state index contributed by atoms with van der Waals surface area (Å²) in [4.78, 5) is 19.3. The van der Waals surface area contributed by atoms with Crippen molar-refractivity contribution in [1.82, 2.24) is 0 Å². The molecule has 4 aliphatic carbocycles. The van der Waals surface area contributed by atoms with E-state index in [1.807, 2.05) is 0 Å². The van der Waals surface area contributed by atoms with Gasteiger partial charge < -0.3 is 15.9 Å². The number of rotatable bonds is 3. The molecule has 0 heterocycles. The zero-order valence-corrected chi connectivity index (χ0v) is 13.0. The Balaban J connectivity index is 0.000000177. The fourth-order valence-electron chi connectivity index (χ4n) is 5.75. The zero-order valence-electron chi connectivity index (χ0n) is 13.0. The molecular weight excluding hydrogens is 270 g/mol. The van der Waals surface area contributed by atoms with Crippen LogP contribution in [0.1, 0.15) is 65.2 Å². The first-order chi connectivity index (χ1) is 9.53. The van der Waals surface area contributed by atoms with E-state index in [-0.39, 0.29) is 18.4 Å². The largest absolute Gasteiger partial charge is 0.481 e. The first-order valence-electron chi connectivity index (χ1n) is 7.76. The van der Waals surface area contributed by atoms with E-state index >= 15 is 0 Å². The predicted octanol–water partition coefficient (Wildman–Crippen LogP) is 2.63. The van der Waals surface area contributed by atoms with Gasteiger partial charge in [0.2, 0.25) is 0 Å². The molecule has 5 heteroatoms. The van der Waals surface area contributed by atoms with Crippen LogP contribution < -0.4 is 5.73 Å². The monoisotopic (exact) mass is 297 g/mol. The van der Waals surface area contributed by atoms with Crippen molar-refractivity contribution in [3.05, 3.63) is 0 Å². The van der Waals surface area contributed by atoms with E-state index in [1.54, 1.807) is 0 Å². The lowest BCUT2D eigenvalue weighted by Gasteiger charge is -2.64. The molecule has 0 radical (unpaired) electrons. The molecule has 2 unspecified atom stereocenters. The highest BCUT2D eigenvalue weighted by molar-refractivity contribution is 5.75. The fraction of sp³-hybridized carbons (Fsp3) is 0.875. The average molecular weight is 297 g/mol. The van der Waals surface area contributed by atoms with Gasteiger partial charge in [0.05, 0.1) is 12.8 Å². The second-order valence-corrected chi connectivity index (χ2v) is 8.28. The van der Waals surface area contributed by atoms with Crippen LogP contribution >= 0.6 is 0 Å². The van der Waals surface area contributed by atoms with Crippen molar-refractivity contribution in [3.63, 3.8) is 0 Å². The lowest BCUT2D eigenvalue weighted by Crippen LogP contribution is -2.62. The van der Waals surface area contributed by atoms with E-state index in [4.69, 9.17) is 15.9 Å². The number of nitrogens with two attached hydrogens (primary N) is 1. The van der Waals surface area contributed by atoms with Crippen molar-refractivity contribution in [2.24, 2.45) is 22.5 Å². The zero-order chi connectivity index (χ0) is 15.9. The lowest BCUT2D eigenvalue weighted by molar-refractivity contribution is -0.143. The normalized spacial score (nSPS) is 43.1. The summed E-state index contributed by atoms with van der Waals surface area (Å²) >= 11 is 0. The molecule has 120 valence electrons. The lowest BCUT2D eigenvalue weighted by atomic mass is 9.43. The van der Waals surface area contributed by atoms with E-state index in [0.717, 1.165) is 5.92 Å². The quantitative estimate of drug-likeness (QED) is 0.743. The van der Waals surface area contributed by atoms with Crippen LogP contribution in [-0.2, 0) is 9.59 Å². The fourth-order valence-corrected chi connectivity index (χ4v) is 5.75. The van der Waals surface area contributed by atoms with Crippen molar-refractivity contribution in [1.29, 1.82) is 0 Å². The van der Waals surface area contributed by atoms with E-state index in [9.17, 15) is 9.59 Å². The Bertz CT molecular complexity index is 383. The Labute approximate surface area is 125 Å². The molecule has 0 aliphatic heterocycles. The van der Waals surface area contributed by atoms with Crippen LogP contribution in [0.25, 0.3) is 0 Å². The van der Waals surface area contributed by atoms with Crippen LogP contribution in [0.5, 0.6) is 0 Å². The van der Waals surface area contributed by atoms with Crippen LogP contribution in [0, 0.1) is 16.7 Å². The number of carboxylic acids is 2. The standard InChI is InChI=1S/C12H21N.C4H6O4/c1-10-3-9-4-11(2,6-10)8-12(13,5-9)7-10;5-3(6)1-2-4(7)8/h9H,3-8,13H2,1-2H3;1-2H2,(H,5,6)(H,7,8)/t9?,10-,11+,12?;. The maximum atomic E-state index is 9.64. The minimum absolute atomic E-state index is 0.225. The molecule has 4 aliphatic rings. The second kappa shape index (κ2) is 5.27. The van der Waals surface area contributed by atoms with Crippen molar-refractivity contribution >= 4 is 11.9 Å². The summed E-state index contributed by atoms with van der Waals surface area (Å²) in [5.41, 5.74) is 7.92. The highest BCUT2D eigenvalue weighted by Crippen LogP contribution is 2.65. The summed E-state index contributed by atoms with van der Waals surface area (Å²) in [7, 11) is 0. The molecule has 0 amide bonds. The topological polar surface area (TPSA) is 101 Å². The highest BCUT2D eigenvalue weighted by atomic mass is 16.4. The molecule has 0 spiro atoms. The Hall–Kier alpha value is -1.10. The van der Waals surface area contributed by atoms with Crippen LogP contribution in [0.15, 0.2) is 0 Å². The third-order valence-corrected chi connectivity index (χ3v) is 5.22. The van der Waals surface area contributed by atoms with E-state index in [2.05, 4.69) is 13.8 Å². The summed E-state index contributed by atoms with van der Waals surface area (Å²) in [6.07, 6.45) is 7.68. The average Bonchev–Trinajstić information content (AvgIpc) is 2.20. The van der Waals surface area contributed by atoms with Gasteiger partial charge >= 0.3 is 11.9 Å². The molecule has 0 saturated heterocycles. The molecule has 4 fully saturated rings. The van der Waals surface area contributed by atoms with Crippen molar-refractivity contribution < 1.29 is 19.8 Å². The molecule has 0 aromatic heterocycles. The van der Waals surface area contributed by atoms with Gasteiger partial charge in [0, 0.05) is 5.54 Å². The van der Waals surface area contributed by atoms with Gasteiger partial charge in [0.1, 0.15) is 0 Å². The van der Waals surface area contributed by atoms with E-state index < -0.39 is 11.9 Å². The molecule has 0 aromatic rings. The van der Waals surface area contributed by atoms with Gasteiger partial charge in [-0.25, -0.2) is 0 Å². The molecular formula is C16H27NO4. The minimum Gasteiger partial charge on any atom is -0.481 e. The van der Waals surface area contributed by atoms with E-state index in [0.29, 0.717) is 10.8 Å². The molecule has 4 bridgehead atoms. The maximum Gasteiger partial charge on any atom is 0.303 e. The van der Waals surface area contributed by atoms with Crippen LogP contribution in [-0.4, -0.2) is 27.7 Å². The summed E-state index contributed by atoms with van der Waals surface area (Å²) in [5, 5.41) is 15.8. The third kappa shape index (κ3) is 3.96. The van der Waals surface area contributed by atoms with Gasteiger partial charge in [0.15, 0.2) is 0 Å². The molecule has 4 atom stereocenters. The Kier molecular flexibility index (Phi) is 4.08. The Morgan fingerprint density at radius 1 is 0.952 bits per heavy atom. The molecule has 4 saturated carbocycles. The first kappa shape index (κ1) is 16.3. The van der Waals surface area contributed by atoms with Gasteiger partial charge in [0.25, 0.3) is 0 Å². The smallest absolute Gasteiger partial charge is 0.303 e. The maximum absolute atomic E-state index is 9.64. The van der Waals surface area contributed by atoms with Gasteiger partial charge in [-0.05, 0) is 55.3 Å². The number of hydrogen-bond donors (Lipinski definition) is 3. The van der Waals surface area contributed by atoms with Gasteiger partial charge in [-0.15, -0.1) is 0 Å². The third-order valence-electron chi connectivity index (χ3n) is 5.22. The molecule has 21 heavy (non-hydrogen) atoms. The number of aliphatic carboxylic acids is 2. The second-order valence-electron chi connectivity index (χ2n) is 8.28. The number of carboxylic acid groups (broad SMARTS) is 2. The van der Waals surface area contributed by atoms with Crippen LogP contribution in [0.3, 0.4) is 0 Å². The van der Waals surface area contributed by atoms with Gasteiger partial charge in [-0.3, -0.25) is 9.59 Å². The Morgan fingerprint density at radius 2 is 1.38 bits per heavy atom. The van der Waals surface area contributed by atoms with Gasteiger partial charge in [-0.2, -0.15) is 0 Å². The highest BCUT2D eigenvalue weighted by Gasteiger charge is 2.58. The summed E-state index contributed by atoms with van der Waals surface area (Å²) < 4.78 is 0. The van der Waals surface area contributed by atoms with Gasteiger partial charge in [-0.1, -0.05) is 13.8 Å². The predicted molar refractivity (Wildman–Crippen MR) is 78.8 cm³/mol. The molecule has 0 aromatic carbocycles. The summed E-state index contributed by atoms with van der Waals surface area (Å²) in [5.74, 6) is -1.20. The molecule has 4 N–H and O–H groups in total. The number of hydrogen-bond acceptors (Lipinski definition) is 3. The summed E-state index contributed by atoms with van der Waals surface area (Å²) in [6, 6.07) is 0. The van der Waals surface area contributed by atoms with Crippen molar-refractivity contribution in [2.75, 3.05) is 0 Å². The van der Waals surface area contributed by atoms with Crippen molar-refractivity contribution in [2.45, 2.75) is 70.8 Å². The SMILES string of the molecule is C[C@]12CC3CC(N)(C1)C[C@@](C)(C3)C2.O=C(O)CCC(=O)O. The minimum atomic E-state index is -1.08. The van der Waals surface area contributed by atoms with Crippen molar-refractivity contribution in [3.8, 4) is 0 Å². The molecule has 5 nitrogen and oxygen atoms in total. The Morgan fingerprint density at radius 3 is 1.67 bits per heavy atom. The first-order valence-corrected chi connectivity index (χ1v) is 7.76. The van der Waals surface area contributed by atoms with Crippen LogP contribution in [0.2, 0.25) is 0 Å². The summed E-state index contributed by atoms with van der Waals surface area (Å²) in [6.45, 7) is 4.94. The number of carbonyl (C=O) groups is 2. The molecule has 4 rings (SSSR count). The van der Waals surface area contributed by atoms with E-state index in [1.165, 1.54) is 38.5 Å². The van der Waals surface area contributed by atoms with Crippen LogP contribution in [0.4, 0.5) is 0 Å².